The number of aliphatic hydroxyl groups excluding tert-OH is 1. The molecule has 1 N–H and O–H groups in total. The van der Waals surface area contributed by atoms with Crippen molar-refractivity contribution in [2.75, 3.05) is 11.2 Å². The molecule has 0 saturated heterocycles. The van der Waals surface area contributed by atoms with Crippen LogP contribution < -0.4 is 0 Å². The molecule has 0 aromatic rings. The standard InChI is InChI=1S/C11H20.C9H15O.C9H16O.C8H12O.3C4H9.Sn/c1-5-7-11(4)9-6-8-10(11,2)3;1-7-5-8(10-4)6-9(7,2)3;1-8(2)5-4-6-9(8,3)7-10;1-6-4-7(9)5-8(6,2)3;3*1-3-4-2;/h6,9H,5,7-8H2,1-4H3;5,8H,4,6H2,1-3H3;4,6,10H,5,7H2,1-3H3;4H,5H2,1-3H3;3*1,3-4H2,2H3;. The van der Waals surface area contributed by atoms with Crippen LogP contribution in [-0.4, -0.2) is 46.6 Å². The molecule has 0 saturated carbocycles. The summed E-state index contributed by atoms with van der Waals surface area (Å²) in [7, 11) is 0. The van der Waals surface area contributed by atoms with Crippen LogP contribution in [0.2, 0.25) is 13.3 Å². The van der Waals surface area contributed by atoms with Crippen molar-refractivity contribution < 1.29 is 14.6 Å². The molecule has 0 fully saturated rings. The fourth-order valence-electron chi connectivity index (χ4n) is 8.28. The number of allylic oxidation sites excluding steroid dienone is 6. The second-order valence-electron chi connectivity index (χ2n) is 20.7. The molecule has 0 amide bonds. The zero-order chi connectivity index (χ0) is 40.8. The summed E-state index contributed by atoms with van der Waals surface area (Å²) in [6, 6.07) is 0. The second kappa shape index (κ2) is 21.8. The molecule has 0 heterocycles. The van der Waals surface area contributed by atoms with Crippen molar-refractivity contribution >= 4 is 24.2 Å². The Hall–Kier alpha value is -0.651. The number of ether oxygens (including phenoxy) is 1. The number of carbonyl (C=O) groups is 1. The molecule has 53 heavy (non-hydrogen) atoms. The van der Waals surface area contributed by atoms with Gasteiger partial charge in [0.2, 0.25) is 0 Å². The first-order valence-corrected chi connectivity index (χ1v) is 30.0. The topological polar surface area (TPSA) is 46.5 Å². The number of hydrogen-bond acceptors (Lipinski definition) is 3. The molecule has 4 aliphatic rings. The SMILES string of the molecule is CC1(C)CC=CC1(C)CO.CC1=CC(=O)CC1(C)C.CCCC1(C)C=CCC1(C)C.CCC[CH2][Sn]([CH2]CCC)([CH2]CCC)[CH2]OC1C=C(C)C(C)(C)C1. The minimum atomic E-state index is -2.10. The Morgan fingerprint density at radius 3 is 1.43 bits per heavy atom. The molecule has 0 aromatic carbocycles. The summed E-state index contributed by atoms with van der Waals surface area (Å²) in [5, 5.41) is 9.11. The number of aliphatic hydroxyl groups is 1. The van der Waals surface area contributed by atoms with Crippen LogP contribution in [-0.2, 0) is 9.53 Å². The van der Waals surface area contributed by atoms with Crippen LogP contribution in [0.4, 0.5) is 0 Å². The Morgan fingerprint density at radius 1 is 0.698 bits per heavy atom. The monoisotopic (exact) mass is 847 g/mol. The maximum atomic E-state index is 10.8. The summed E-state index contributed by atoms with van der Waals surface area (Å²) in [5.74, 6) is 0.275. The molecule has 308 valence electrons. The molecule has 0 radical (unpaired) electrons. The van der Waals surface area contributed by atoms with Crippen molar-refractivity contribution in [1.29, 1.82) is 0 Å². The van der Waals surface area contributed by atoms with E-state index in [2.05, 4.69) is 134 Å². The number of carbonyl (C=O) groups excluding carboxylic acids is 1. The van der Waals surface area contributed by atoms with Crippen molar-refractivity contribution in [3.05, 3.63) is 47.6 Å². The maximum absolute atomic E-state index is 10.8. The van der Waals surface area contributed by atoms with Gasteiger partial charge in [-0.2, -0.15) is 0 Å². The molecular formula is C49H90O3Sn. The van der Waals surface area contributed by atoms with Gasteiger partial charge in [-0.05, 0) is 53.9 Å². The summed E-state index contributed by atoms with van der Waals surface area (Å²) in [5.41, 5.74) is 4.42. The van der Waals surface area contributed by atoms with E-state index < -0.39 is 18.4 Å². The Kier molecular flexibility index (Phi) is 20.7. The summed E-state index contributed by atoms with van der Waals surface area (Å²) in [4.78, 5) is 10.8. The first-order valence-electron chi connectivity index (χ1n) is 21.9. The van der Waals surface area contributed by atoms with E-state index in [4.69, 9.17) is 9.84 Å². The van der Waals surface area contributed by atoms with Crippen molar-refractivity contribution in [2.24, 2.45) is 32.5 Å². The van der Waals surface area contributed by atoms with E-state index in [1.165, 1.54) is 80.0 Å². The van der Waals surface area contributed by atoms with Gasteiger partial charge in [0.1, 0.15) is 0 Å². The predicted octanol–water partition coefficient (Wildman–Crippen LogP) is 14.8. The minimum absolute atomic E-state index is 0.00694. The van der Waals surface area contributed by atoms with Gasteiger partial charge >= 0.3 is 151 Å². The van der Waals surface area contributed by atoms with Crippen LogP contribution in [0.3, 0.4) is 0 Å². The molecule has 3 atom stereocenters. The Balaban J connectivity index is 0.000000388. The van der Waals surface area contributed by atoms with Crippen LogP contribution in [0.5, 0.6) is 0 Å². The first-order chi connectivity index (χ1) is 24.4. The first kappa shape index (κ1) is 50.4. The molecule has 4 heteroatoms. The van der Waals surface area contributed by atoms with Crippen LogP contribution in [0.15, 0.2) is 47.6 Å². The Bertz CT molecular complexity index is 1210. The van der Waals surface area contributed by atoms with Crippen LogP contribution in [0.1, 0.15) is 188 Å². The van der Waals surface area contributed by atoms with Crippen molar-refractivity contribution in [2.45, 2.75) is 207 Å². The van der Waals surface area contributed by atoms with Gasteiger partial charge in [-0.3, -0.25) is 4.79 Å². The molecular weight excluding hydrogens is 755 g/mol. The average molecular weight is 846 g/mol. The zero-order valence-corrected chi connectivity index (χ0v) is 41.2. The molecule has 0 aromatic heterocycles. The summed E-state index contributed by atoms with van der Waals surface area (Å²) < 4.78 is 12.4. The van der Waals surface area contributed by atoms with Crippen LogP contribution in [0.25, 0.3) is 0 Å². The van der Waals surface area contributed by atoms with E-state index in [1.807, 2.05) is 6.92 Å². The van der Waals surface area contributed by atoms with Gasteiger partial charge < -0.3 is 5.11 Å². The van der Waals surface area contributed by atoms with Gasteiger partial charge in [-0.25, -0.2) is 0 Å². The van der Waals surface area contributed by atoms with Gasteiger partial charge in [0.15, 0.2) is 5.78 Å². The molecule has 3 unspecified atom stereocenters. The second-order valence-corrected chi connectivity index (χ2v) is 34.3. The Morgan fingerprint density at radius 2 is 1.17 bits per heavy atom. The molecule has 0 spiro atoms. The number of unbranched alkanes of at least 4 members (excludes halogenated alkanes) is 3. The zero-order valence-electron chi connectivity index (χ0n) is 38.3. The van der Waals surface area contributed by atoms with E-state index in [0.29, 0.717) is 28.8 Å². The van der Waals surface area contributed by atoms with E-state index in [1.54, 1.807) is 19.4 Å². The van der Waals surface area contributed by atoms with Crippen molar-refractivity contribution in [1.82, 2.24) is 0 Å². The third-order valence-corrected chi connectivity index (χ3v) is 28.8. The average Bonchev–Trinajstić information content (AvgIpc) is 3.69. The summed E-state index contributed by atoms with van der Waals surface area (Å²) in [6.45, 7) is 36.5. The van der Waals surface area contributed by atoms with E-state index in [-0.39, 0.29) is 28.6 Å². The normalized spacial score (nSPS) is 27.3. The van der Waals surface area contributed by atoms with Crippen molar-refractivity contribution in [3.8, 4) is 0 Å². The fourth-order valence-corrected chi connectivity index (χ4v) is 22.7. The third-order valence-electron chi connectivity index (χ3n) is 14.5. The quantitative estimate of drug-likeness (QED) is 0.132. The summed E-state index contributed by atoms with van der Waals surface area (Å²) >= 11 is -2.10. The molecule has 4 rings (SSSR count). The van der Waals surface area contributed by atoms with Crippen LogP contribution in [0, 0.1) is 32.5 Å². The van der Waals surface area contributed by atoms with Gasteiger partial charge in [-0.1, -0.05) is 98.6 Å². The fraction of sp³-hybridized carbons (Fsp3) is 0.816. The van der Waals surface area contributed by atoms with Gasteiger partial charge in [0.25, 0.3) is 0 Å². The van der Waals surface area contributed by atoms with Gasteiger partial charge in [-0.15, -0.1) is 0 Å². The predicted molar refractivity (Wildman–Crippen MR) is 237 cm³/mol. The van der Waals surface area contributed by atoms with E-state index >= 15 is 0 Å². The molecule has 0 bridgehead atoms. The Labute approximate surface area is 335 Å². The molecule has 0 aliphatic heterocycles. The molecule has 3 nitrogen and oxygen atoms in total. The van der Waals surface area contributed by atoms with Crippen LogP contribution >= 0.6 is 0 Å². The van der Waals surface area contributed by atoms with E-state index in [0.717, 1.165) is 6.42 Å². The number of hydrogen-bond donors (Lipinski definition) is 1. The van der Waals surface area contributed by atoms with Crippen molar-refractivity contribution in [3.63, 3.8) is 0 Å². The number of ketones is 1. The van der Waals surface area contributed by atoms with E-state index in [9.17, 15) is 4.79 Å². The molecule has 4 aliphatic carbocycles. The number of rotatable bonds is 15. The third kappa shape index (κ3) is 15.0. The summed E-state index contributed by atoms with van der Waals surface area (Å²) in [6.07, 6.45) is 28.8. The van der Waals surface area contributed by atoms with Gasteiger partial charge in [0.05, 0.1) is 6.61 Å². The van der Waals surface area contributed by atoms with Gasteiger partial charge in [0, 0.05) is 11.8 Å².